The molecule has 1 amide bonds. The van der Waals surface area contributed by atoms with Gasteiger partial charge in [0.25, 0.3) is 5.91 Å². The molecule has 1 aromatic rings. The van der Waals surface area contributed by atoms with Crippen LogP contribution in [-0.4, -0.2) is 22.5 Å². The van der Waals surface area contributed by atoms with E-state index in [4.69, 9.17) is 5.21 Å². The molecule has 6 heteroatoms. The van der Waals surface area contributed by atoms with Crippen molar-refractivity contribution in [3.63, 3.8) is 0 Å². The van der Waals surface area contributed by atoms with E-state index in [0.29, 0.717) is 11.4 Å². The van der Waals surface area contributed by atoms with Crippen LogP contribution in [0.3, 0.4) is 0 Å². The maximum Gasteiger partial charge on any atom is 0.253 e. The molecular weight excluding hydrogens is 246 g/mol. The third-order valence-corrected chi connectivity index (χ3v) is 3.57. The second kappa shape index (κ2) is 4.73. The molecule has 2 unspecified atom stereocenters. The number of carbonyl (C=O) groups is 1. The van der Waals surface area contributed by atoms with Crippen molar-refractivity contribution in [2.45, 2.75) is 26.3 Å². The van der Waals surface area contributed by atoms with E-state index in [9.17, 15) is 10.0 Å². The van der Waals surface area contributed by atoms with Gasteiger partial charge in [0.15, 0.2) is 5.69 Å². The van der Waals surface area contributed by atoms with Gasteiger partial charge in [-0.3, -0.25) is 9.79 Å². The highest BCUT2D eigenvalue weighted by Gasteiger charge is 2.42. The van der Waals surface area contributed by atoms with E-state index in [1.807, 2.05) is 13.8 Å². The molecule has 1 aliphatic rings. The van der Waals surface area contributed by atoms with Crippen molar-refractivity contribution in [1.29, 1.82) is 0 Å². The van der Waals surface area contributed by atoms with Gasteiger partial charge in [-0.25, -0.2) is 5.21 Å². The van der Waals surface area contributed by atoms with Crippen LogP contribution in [0.1, 0.15) is 26.3 Å². The number of amides is 1. The summed E-state index contributed by atoms with van der Waals surface area (Å²) < 4.78 is 0. The fourth-order valence-corrected chi connectivity index (χ4v) is 1.94. The van der Waals surface area contributed by atoms with Gasteiger partial charge < -0.3 is 10.5 Å². The predicted octanol–water partition coefficient (Wildman–Crippen LogP) is 0.381. The molecule has 0 bridgehead atoms. The average Bonchev–Trinajstić information content (AvgIpc) is 2.67. The minimum Gasteiger partial charge on any atom is -0.595 e. The van der Waals surface area contributed by atoms with Crippen LogP contribution in [0.2, 0.25) is 0 Å². The summed E-state index contributed by atoms with van der Waals surface area (Å²) in [6.07, 6.45) is 0. The number of nitrogens with zero attached hydrogens (tertiary/aromatic N) is 1. The van der Waals surface area contributed by atoms with Gasteiger partial charge in [0.1, 0.15) is 11.4 Å². The SMILES string of the molecule is CC(C)C1(C)N=C(c2ccccc2[NH+]([O-])O)NC1=O. The van der Waals surface area contributed by atoms with Crippen LogP contribution in [-0.2, 0) is 4.79 Å². The molecule has 6 nitrogen and oxygen atoms in total. The fourth-order valence-electron chi connectivity index (χ4n) is 1.94. The van der Waals surface area contributed by atoms with E-state index in [1.54, 1.807) is 25.1 Å². The summed E-state index contributed by atoms with van der Waals surface area (Å²) in [7, 11) is 0. The smallest absolute Gasteiger partial charge is 0.253 e. The van der Waals surface area contributed by atoms with Crippen LogP contribution in [0.4, 0.5) is 5.69 Å². The number of rotatable bonds is 3. The molecule has 2 atom stereocenters. The van der Waals surface area contributed by atoms with Crippen molar-refractivity contribution >= 4 is 17.4 Å². The Morgan fingerprint density at radius 1 is 1.42 bits per heavy atom. The van der Waals surface area contributed by atoms with Gasteiger partial charge in [-0.1, -0.05) is 26.0 Å². The van der Waals surface area contributed by atoms with E-state index in [1.165, 1.54) is 6.07 Å². The molecule has 1 aromatic carbocycles. The van der Waals surface area contributed by atoms with Gasteiger partial charge in [-0.05, 0) is 18.9 Å². The average molecular weight is 263 g/mol. The minimum absolute atomic E-state index is 0.0296. The molecule has 0 saturated heterocycles. The third-order valence-electron chi connectivity index (χ3n) is 3.57. The predicted molar refractivity (Wildman–Crippen MR) is 70.1 cm³/mol. The number of carbonyl (C=O) groups excluding carboxylic acids is 1. The molecule has 0 aromatic heterocycles. The Hall–Kier alpha value is -1.76. The molecule has 0 spiro atoms. The molecule has 102 valence electrons. The lowest BCUT2D eigenvalue weighted by Crippen LogP contribution is -2.99. The highest BCUT2D eigenvalue weighted by Crippen LogP contribution is 2.27. The molecule has 1 aliphatic heterocycles. The Kier molecular flexibility index (Phi) is 3.40. The molecule has 0 fully saturated rings. The molecular formula is C13H17N3O3. The molecule has 3 N–H and O–H groups in total. The van der Waals surface area contributed by atoms with Gasteiger partial charge in [0, 0.05) is 6.07 Å². The Morgan fingerprint density at radius 3 is 2.58 bits per heavy atom. The first-order valence-corrected chi connectivity index (χ1v) is 6.10. The standard InChI is InChI=1S/C13H17N3O3/c1-8(2)13(3)12(17)14-11(15-13)9-6-4-5-7-10(9)16(18)19/h4-8,16,18H,1-3H3,(H,14,15,17). The Balaban J connectivity index is 2.48. The zero-order valence-corrected chi connectivity index (χ0v) is 11.1. The fraction of sp³-hybridized carbons (Fsp3) is 0.385. The zero-order chi connectivity index (χ0) is 14.2. The number of benzene rings is 1. The second-order valence-electron chi connectivity index (χ2n) is 5.07. The Morgan fingerprint density at radius 2 is 2.05 bits per heavy atom. The van der Waals surface area contributed by atoms with Gasteiger partial charge in [-0.15, -0.1) is 0 Å². The number of hydrogen-bond acceptors (Lipinski definition) is 4. The number of amidine groups is 1. The Labute approximate surface area is 111 Å². The van der Waals surface area contributed by atoms with Crippen LogP contribution in [0, 0.1) is 11.1 Å². The first-order valence-electron chi connectivity index (χ1n) is 6.10. The van der Waals surface area contributed by atoms with E-state index >= 15 is 0 Å². The van der Waals surface area contributed by atoms with Crippen molar-refractivity contribution in [3.05, 3.63) is 35.0 Å². The first kappa shape index (κ1) is 13.7. The zero-order valence-electron chi connectivity index (χ0n) is 11.1. The molecule has 0 aliphatic carbocycles. The molecule has 1 heterocycles. The maximum absolute atomic E-state index is 12.0. The van der Waals surface area contributed by atoms with Crippen molar-refractivity contribution in [2.24, 2.45) is 10.9 Å². The van der Waals surface area contributed by atoms with Crippen LogP contribution >= 0.6 is 0 Å². The summed E-state index contributed by atoms with van der Waals surface area (Å²) >= 11 is 0. The van der Waals surface area contributed by atoms with E-state index < -0.39 is 10.8 Å². The highest BCUT2D eigenvalue weighted by atomic mass is 16.8. The summed E-state index contributed by atoms with van der Waals surface area (Å²) in [5.74, 6) is 0.166. The van der Waals surface area contributed by atoms with Crippen molar-refractivity contribution in [2.75, 3.05) is 0 Å². The maximum atomic E-state index is 12.0. The number of para-hydroxylation sites is 1. The summed E-state index contributed by atoms with van der Waals surface area (Å²) in [5, 5.41) is 22.0. The number of aliphatic imine (C=N–C) groups is 1. The lowest BCUT2D eigenvalue weighted by atomic mass is 9.89. The van der Waals surface area contributed by atoms with E-state index in [-0.39, 0.29) is 17.5 Å². The quantitative estimate of drug-likeness (QED) is 0.689. The number of nitrogens with one attached hydrogen (secondary N) is 2. The minimum atomic E-state index is -1.04. The largest absolute Gasteiger partial charge is 0.595 e. The van der Waals surface area contributed by atoms with Crippen LogP contribution in [0.25, 0.3) is 0 Å². The van der Waals surface area contributed by atoms with Gasteiger partial charge in [0.2, 0.25) is 0 Å². The van der Waals surface area contributed by atoms with E-state index in [0.717, 1.165) is 0 Å². The van der Waals surface area contributed by atoms with Crippen LogP contribution in [0.15, 0.2) is 29.3 Å². The highest BCUT2D eigenvalue weighted by molar-refractivity contribution is 6.16. The van der Waals surface area contributed by atoms with E-state index in [2.05, 4.69) is 10.3 Å². The summed E-state index contributed by atoms with van der Waals surface area (Å²) in [6.45, 7) is 5.58. The lowest BCUT2D eigenvalue weighted by molar-refractivity contribution is -0.991. The summed E-state index contributed by atoms with van der Waals surface area (Å²) in [6, 6.07) is 6.51. The van der Waals surface area contributed by atoms with Gasteiger partial charge >= 0.3 is 0 Å². The van der Waals surface area contributed by atoms with Gasteiger partial charge in [-0.2, -0.15) is 5.23 Å². The Bertz CT molecular complexity index is 540. The number of hydrogen-bond donors (Lipinski definition) is 3. The van der Waals surface area contributed by atoms with Crippen molar-refractivity contribution in [1.82, 2.24) is 5.32 Å². The van der Waals surface area contributed by atoms with Crippen LogP contribution < -0.4 is 10.5 Å². The second-order valence-corrected chi connectivity index (χ2v) is 5.07. The van der Waals surface area contributed by atoms with Crippen LogP contribution in [0.5, 0.6) is 0 Å². The molecule has 0 saturated carbocycles. The molecule has 0 radical (unpaired) electrons. The van der Waals surface area contributed by atoms with Crippen molar-refractivity contribution in [3.8, 4) is 0 Å². The lowest BCUT2D eigenvalue weighted by Gasteiger charge is -2.21. The summed E-state index contributed by atoms with van der Waals surface area (Å²) in [4.78, 5) is 16.4. The third kappa shape index (κ3) is 2.25. The molecule has 2 rings (SSSR count). The first-order chi connectivity index (χ1) is 8.86. The number of quaternary nitrogens is 1. The van der Waals surface area contributed by atoms with Gasteiger partial charge in [0.05, 0.1) is 5.56 Å². The topological polar surface area (TPSA) is 89.2 Å². The monoisotopic (exact) mass is 263 g/mol. The van der Waals surface area contributed by atoms with Crippen molar-refractivity contribution < 1.29 is 15.2 Å². The normalized spacial score (nSPS) is 24.3. The molecule has 19 heavy (non-hydrogen) atoms. The summed E-state index contributed by atoms with van der Waals surface area (Å²) in [5.41, 5.74) is -0.275.